The van der Waals surface area contributed by atoms with Gasteiger partial charge < -0.3 is 5.11 Å². The monoisotopic (exact) mass is 207 g/mol. The van der Waals surface area contributed by atoms with Crippen LogP contribution in [0.25, 0.3) is 0 Å². The summed E-state index contributed by atoms with van der Waals surface area (Å²) < 4.78 is 24.1. The van der Waals surface area contributed by atoms with Crippen LogP contribution in [0.15, 0.2) is 6.20 Å². The van der Waals surface area contributed by atoms with Gasteiger partial charge in [-0.1, -0.05) is 0 Å². The van der Waals surface area contributed by atoms with Crippen LogP contribution in [0.3, 0.4) is 0 Å². The molecular formula is C7H7F2NO2S. The number of thiazole rings is 1. The van der Waals surface area contributed by atoms with Crippen LogP contribution in [0.4, 0.5) is 8.78 Å². The van der Waals surface area contributed by atoms with Gasteiger partial charge in [-0.05, 0) is 0 Å². The number of rotatable bonds is 4. The summed E-state index contributed by atoms with van der Waals surface area (Å²) in [5, 5.41) is 8.76. The summed E-state index contributed by atoms with van der Waals surface area (Å²) in [6, 6.07) is 0. The molecule has 0 unspecified atom stereocenters. The van der Waals surface area contributed by atoms with E-state index >= 15 is 0 Å². The number of carbonyl (C=O) groups is 1. The average Bonchev–Trinajstić information content (AvgIpc) is 2.48. The Bertz CT molecular complexity index is 300. The first kappa shape index (κ1) is 10.0. The minimum Gasteiger partial charge on any atom is -0.481 e. The second-order valence-electron chi connectivity index (χ2n) is 2.35. The molecule has 1 heterocycles. The molecular weight excluding hydrogens is 200 g/mol. The van der Waals surface area contributed by atoms with E-state index in [0.29, 0.717) is 5.01 Å². The molecule has 0 aromatic carbocycles. The summed E-state index contributed by atoms with van der Waals surface area (Å²) in [7, 11) is 0. The molecule has 1 aromatic heterocycles. The van der Waals surface area contributed by atoms with Crippen molar-refractivity contribution in [1.29, 1.82) is 0 Å². The fourth-order valence-corrected chi connectivity index (χ4v) is 1.53. The van der Waals surface area contributed by atoms with Gasteiger partial charge in [0.15, 0.2) is 0 Å². The molecule has 0 amide bonds. The highest BCUT2D eigenvalue weighted by Gasteiger charge is 2.11. The molecule has 6 heteroatoms. The zero-order valence-electron chi connectivity index (χ0n) is 6.54. The van der Waals surface area contributed by atoms with Crippen molar-refractivity contribution in [3.63, 3.8) is 0 Å². The minimum atomic E-state index is -2.52. The van der Waals surface area contributed by atoms with Crippen molar-refractivity contribution >= 4 is 17.3 Å². The average molecular weight is 207 g/mol. The SMILES string of the molecule is O=C(O)CCc1ncc(C(F)F)s1. The summed E-state index contributed by atoms with van der Waals surface area (Å²) in [4.78, 5) is 13.7. The van der Waals surface area contributed by atoms with Crippen LogP contribution in [-0.4, -0.2) is 16.1 Å². The number of carboxylic acid groups (broad SMARTS) is 1. The van der Waals surface area contributed by atoms with Crippen molar-refractivity contribution in [3.8, 4) is 0 Å². The molecule has 0 bridgehead atoms. The molecule has 0 aliphatic rings. The smallest absolute Gasteiger partial charge is 0.303 e. The molecule has 1 rings (SSSR count). The summed E-state index contributed by atoms with van der Waals surface area (Å²) in [5.74, 6) is -0.950. The topological polar surface area (TPSA) is 50.2 Å². The van der Waals surface area contributed by atoms with Gasteiger partial charge in [0, 0.05) is 12.6 Å². The van der Waals surface area contributed by atoms with Gasteiger partial charge in [0.25, 0.3) is 6.43 Å². The first-order chi connectivity index (χ1) is 6.09. The third-order valence-electron chi connectivity index (χ3n) is 1.34. The first-order valence-corrected chi connectivity index (χ1v) is 4.36. The lowest BCUT2D eigenvalue weighted by Gasteiger charge is -1.90. The maximum atomic E-state index is 12.0. The van der Waals surface area contributed by atoms with Gasteiger partial charge in [-0.15, -0.1) is 11.3 Å². The third-order valence-corrected chi connectivity index (χ3v) is 2.40. The Balaban J connectivity index is 2.54. The van der Waals surface area contributed by atoms with Crippen molar-refractivity contribution in [2.24, 2.45) is 0 Å². The first-order valence-electron chi connectivity index (χ1n) is 3.54. The normalized spacial score (nSPS) is 10.7. The molecule has 0 saturated carbocycles. The summed E-state index contributed by atoms with van der Waals surface area (Å²) >= 11 is 0.859. The molecule has 13 heavy (non-hydrogen) atoms. The summed E-state index contributed by atoms with van der Waals surface area (Å²) in [6.45, 7) is 0. The molecule has 3 nitrogen and oxygen atoms in total. The fourth-order valence-electron chi connectivity index (χ4n) is 0.755. The predicted octanol–water partition coefficient (Wildman–Crippen LogP) is 2.10. The van der Waals surface area contributed by atoms with Crippen LogP contribution < -0.4 is 0 Å². The van der Waals surface area contributed by atoms with E-state index in [9.17, 15) is 13.6 Å². The third kappa shape index (κ3) is 3.06. The van der Waals surface area contributed by atoms with E-state index in [4.69, 9.17) is 5.11 Å². The highest BCUT2D eigenvalue weighted by atomic mass is 32.1. The van der Waals surface area contributed by atoms with Crippen molar-refractivity contribution in [2.45, 2.75) is 19.3 Å². The molecule has 1 N–H and O–H groups in total. The van der Waals surface area contributed by atoms with Gasteiger partial charge in [0.1, 0.15) is 0 Å². The van der Waals surface area contributed by atoms with Gasteiger partial charge in [-0.2, -0.15) is 0 Å². The number of alkyl halides is 2. The lowest BCUT2D eigenvalue weighted by atomic mass is 10.3. The van der Waals surface area contributed by atoms with Crippen LogP contribution in [-0.2, 0) is 11.2 Å². The zero-order valence-corrected chi connectivity index (χ0v) is 7.35. The van der Waals surface area contributed by atoms with E-state index in [1.165, 1.54) is 0 Å². The molecule has 1 aromatic rings. The standard InChI is InChI=1S/C7H7F2NO2S/c8-7(9)4-3-10-5(13-4)1-2-6(11)12/h3,7H,1-2H2,(H,11,12). The van der Waals surface area contributed by atoms with Crippen molar-refractivity contribution in [2.75, 3.05) is 0 Å². The Labute approximate surface area is 77.0 Å². The second kappa shape index (κ2) is 4.27. The van der Waals surface area contributed by atoms with E-state index in [1.807, 2.05) is 0 Å². The second-order valence-corrected chi connectivity index (χ2v) is 3.50. The van der Waals surface area contributed by atoms with E-state index in [0.717, 1.165) is 17.5 Å². The predicted molar refractivity (Wildman–Crippen MR) is 43.0 cm³/mol. The van der Waals surface area contributed by atoms with Gasteiger partial charge in [0.2, 0.25) is 0 Å². The van der Waals surface area contributed by atoms with Gasteiger partial charge in [-0.3, -0.25) is 4.79 Å². The van der Waals surface area contributed by atoms with E-state index in [1.54, 1.807) is 0 Å². The van der Waals surface area contributed by atoms with Crippen molar-refractivity contribution in [3.05, 3.63) is 16.1 Å². The molecule has 72 valence electrons. The summed E-state index contributed by atoms with van der Waals surface area (Å²) in [5.41, 5.74) is 0. The summed E-state index contributed by atoms with van der Waals surface area (Å²) in [6.07, 6.45) is -1.29. The molecule has 0 atom stereocenters. The number of hydrogen-bond donors (Lipinski definition) is 1. The Morgan fingerprint density at radius 2 is 2.38 bits per heavy atom. The van der Waals surface area contributed by atoms with Gasteiger partial charge in [0.05, 0.1) is 16.3 Å². The number of halogens is 2. The number of carboxylic acids is 1. The Morgan fingerprint density at radius 1 is 1.69 bits per heavy atom. The Kier molecular flexibility index (Phi) is 3.30. The van der Waals surface area contributed by atoms with E-state index < -0.39 is 12.4 Å². The molecule has 0 fully saturated rings. The van der Waals surface area contributed by atoms with Crippen molar-refractivity contribution < 1.29 is 18.7 Å². The molecule has 0 radical (unpaired) electrons. The Morgan fingerprint density at radius 3 is 2.85 bits per heavy atom. The minimum absolute atomic E-state index is 0.0732. The maximum absolute atomic E-state index is 12.0. The number of aryl methyl sites for hydroxylation is 1. The molecule has 0 saturated heterocycles. The lowest BCUT2D eigenvalue weighted by Crippen LogP contribution is -1.96. The maximum Gasteiger partial charge on any atom is 0.303 e. The largest absolute Gasteiger partial charge is 0.481 e. The molecule has 0 aliphatic heterocycles. The number of aliphatic carboxylic acids is 1. The fraction of sp³-hybridized carbons (Fsp3) is 0.429. The van der Waals surface area contributed by atoms with E-state index in [-0.39, 0.29) is 17.7 Å². The van der Waals surface area contributed by atoms with Crippen LogP contribution in [0.5, 0.6) is 0 Å². The quantitative estimate of drug-likeness (QED) is 0.822. The van der Waals surface area contributed by atoms with Crippen LogP contribution in [0.2, 0.25) is 0 Å². The van der Waals surface area contributed by atoms with Crippen LogP contribution >= 0.6 is 11.3 Å². The van der Waals surface area contributed by atoms with Crippen molar-refractivity contribution in [1.82, 2.24) is 4.98 Å². The lowest BCUT2D eigenvalue weighted by molar-refractivity contribution is -0.136. The molecule has 0 aliphatic carbocycles. The number of nitrogens with zero attached hydrogens (tertiary/aromatic N) is 1. The van der Waals surface area contributed by atoms with Crippen LogP contribution in [0, 0.1) is 0 Å². The van der Waals surface area contributed by atoms with E-state index in [2.05, 4.69) is 4.98 Å². The van der Waals surface area contributed by atoms with Gasteiger partial charge in [-0.25, -0.2) is 13.8 Å². The van der Waals surface area contributed by atoms with Crippen LogP contribution in [0.1, 0.15) is 22.7 Å². The highest BCUT2D eigenvalue weighted by molar-refractivity contribution is 7.11. The highest BCUT2D eigenvalue weighted by Crippen LogP contribution is 2.25. The number of aromatic nitrogens is 1. The Hall–Kier alpha value is -1.04. The van der Waals surface area contributed by atoms with Gasteiger partial charge >= 0.3 is 5.97 Å². The number of hydrogen-bond acceptors (Lipinski definition) is 3. The molecule has 0 spiro atoms. The zero-order chi connectivity index (χ0) is 9.84.